The monoisotopic (exact) mass is 394 g/mol. The van der Waals surface area contributed by atoms with Gasteiger partial charge in [0.25, 0.3) is 15.9 Å². The van der Waals surface area contributed by atoms with Gasteiger partial charge in [-0.15, -0.1) is 0 Å². The smallest absolute Gasteiger partial charge is 0.261 e. The van der Waals surface area contributed by atoms with Gasteiger partial charge < -0.3 is 5.32 Å². The van der Waals surface area contributed by atoms with E-state index in [9.17, 15) is 13.2 Å². The normalized spacial score (nSPS) is 11.1. The number of sulfonamides is 1. The maximum atomic E-state index is 12.7. The molecule has 5 nitrogen and oxygen atoms in total. The summed E-state index contributed by atoms with van der Waals surface area (Å²) in [5, 5.41) is 2.89. The molecule has 0 aliphatic rings. The van der Waals surface area contributed by atoms with Crippen LogP contribution in [0.25, 0.3) is 0 Å². The second-order valence-electron chi connectivity index (χ2n) is 6.65. The number of benzene rings is 3. The zero-order chi connectivity index (χ0) is 20.3. The lowest BCUT2D eigenvalue weighted by Crippen LogP contribution is -2.16. The summed E-state index contributed by atoms with van der Waals surface area (Å²) in [4.78, 5) is 12.9. The molecule has 0 atom stereocenters. The van der Waals surface area contributed by atoms with Crippen molar-refractivity contribution < 1.29 is 13.2 Å². The van der Waals surface area contributed by atoms with Crippen molar-refractivity contribution in [3.05, 3.63) is 89.0 Å². The molecule has 0 aliphatic carbocycles. The molecule has 3 aromatic carbocycles. The van der Waals surface area contributed by atoms with Crippen molar-refractivity contribution in [3.63, 3.8) is 0 Å². The average molecular weight is 394 g/mol. The van der Waals surface area contributed by atoms with Crippen molar-refractivity contribution in [2.24, 2.45) is 0 Å². The molecule has 0 fully saturated rings. The number of aryl methyl sites for hydroxylation is 2. The Labute approximate surface area is 165 Å². The van der Waals surface area contributed by atoms with Crippen molar-refractivity contribution in [1.82, 2.24) is 0 Å². The third-order valence-electron chi connectivity index (χ3n) is 4.65. The van der Waals surface area contributed by atoms with E-state index in [4.69, 9.17) is 0 Å². The average Bonchev–Trinajstić information content (AvgIpc) is 2.67. The Hall–Kier alpha value is -3.12. The molecule has 6 heteroatoms. The van der Waals surface area contributed by atoms with Gasteiger partial charge in [0.1, 0.15) is 0 Å². The quantitative estimate of drug-likeness (QED) is 0.661. The first kappa shape index (κ1) is 19.6. The van der Waals surface area contributed by atoms with Gasteiger partial charge in [0.05, 0.1) is 10.6 Å². The van der Waals surface area contributed by atoms with Gasteiger partial charge in [-0.25, -0.2) is 8.42 Å². The first-order valence-corrected chi connectivity index (χ1v) is 10.3. The molecule has 0 saturated carbocycles. The molecule has 0 bridgehead atoms. The maximum absolute atomic E-state index is 12.7. The molecule has 0 saturated heterocycles. The molecule has 0 radical (unpaired) electrons. The summed E-state index contributed by atoms with van der Waals surface area (Å²) in [7, 11) is -3.73. The first-order chi connectivity index (χ1) is 13.3. The van der Waals surface area contributed by atoms with Crippen LogP contribution in [0.4, 0.5) is 11.4 Å². The SMILES string of the molecule is Cc1ccc(C(=O)Nc2cccc(C)c2C)cc1NS(=O)(=O)c1ccccc1. The predicted octanol–water partition coefficient (Wildman–Crippen LogP) is 4.66. The summed E-state index contributed by atoms with van der Waals surface area (Å²) in [6, 6.07) is 18.8. The molecule has 0 aliphatic heterocycles. The van der Waals surface area contributed by atoms with Crippen LogP contribution in [0, 0.1) is 20.8 Å². The Morgan fingerprint density at radius 2 is 1.50 bits per heavy atom. The van der Waals surface area contributed by atoms with Crippen LogP contribution in [-0.4, -0.2) is 14.3 Å². The fraction of sp³-hybridized carbons (Fsp3) is 0.136. The Bertz CT molecular complexity index is 1120. The van der Waals surface area contributed by atoms with Crippen LogP contribution in [0.5, 0.6) is 0 Å². The summed E-state index contributed by atoms with van der Waals surface area (Å²) < 4.78 is 27.8. The highest BCUT2D eigenvalue weighted by atomic mass is 32.2. The van der Waals surface area contributed by atoms with E-state index in [2.05, 4.69) is 10.0 Å². The van der Waals surface area contributed by atoms with Crippen molar-refractivity contribution in [3.8, 4) is 0 Å². The highest BCUT2D eigenvalue weighted by molar-refractivity contribution is 7.92. The number of carbonyl (C=O) groups is 1. The zero-order valence-electron chi connectivity index (χ0n) is 16.0. The van der Waals surface area contributed by atoms with Gasteiger partial charge in [0.15, 0.2) is 0 Å². The van der Waals surface area contributed by atoms with Crippen molar-refractivity contribution in [2.75, 3.05) is 10.0 Å². The van der Waals surface area contributed by atoms with Gasteiger partial charge >= 0.3 is 0 Å². The zero-order valence-corrected chi connectivity index (χ0v) is 16.8. The number of carbonyl (C=O) groups excluding carboxylic acids is 1. The molecule has 28 heavy (non-hydrogen) atoms. The molecule has 2 N–H and O–H groups in total. The number of hydrogen-bond acceptors (Lipinski definition) is 3. The lowest BCUT2D eigenvalue weighted by atomic mass is 10.1. The predicted molar refractivity (Wildman–Crippen MR) is 112 cm³/mol. The molecule has 1 amide bonds. The number of rotatable bonds is 5. The Kier molecular flexibility index (Phi) is 5.51. The summed E-state index contributed by atoms with van der Waals surface area (Å²) >= 11 is 0. The summed E-state index contributed by atoms with van der Waals surface area (Å²) in [5.74, 6) is -0.297. The van der Waals surface area contributed by atoms with E-state index < -0.39 is 10.0 Å². The van der Waals surface area contributed by atoms with Crippen LogP contribution in [0.3, 0.4) is 0 Å². The minimum absolute atomic E-state index is 0.166. The number of anilines is 2. The number of amides is 1. The van der Waals surface area contributed by atoms with Crippen LogP contribution < -0.4 is 10.0 Å². The molecule has 3 rings (SSSR count). The lowest BCUT2D eigenvalue weighted by molar-refractivity contribution is 0.102. The van der Waals surface area contributed by atoms with Crippen molar-refractivity contribution in [1.29, 1.82) is 0 Å². The van der Waals surface area contributed by atoms with E-state index in [0.717, 1.165) is 22.4 Å². The van der Waals surface area contributed by atoms with E-state index in [1.54, 1.807) is 43.3 Å². The Morgan fingerprint density at radius 3 is 2.21 bits per heavy atom. The first-order valence-electron chi connectivity index (χ1n) is 8.84. The fourth-order valence-corrected chi connectivity index (χ4v) is 3.90. The van der Waals surface area contributed by atoms with Gasteiger partial charge in [-0.1, -0.05) is 36.4 Å². The van der Waals surface area contributed by atoms with Gasteiger partial charge in [0.2, 0.25) is 0 Å². The molecular weight excluding hydrogens is 372 g/mol. The minimum atomic E-state index is -3.73. The number of nitrogens with one attached hydrogen (secondary N) is 2. The summed E-state index contributed by atoms with van der Waals surface area (Å²) in [6.07, 6.45) is 0. The molecule has 0 aromatic heterocycles. The molecule has 0 heterocycles. The summed E-state index contributed by atoms with van der Waals surface area (Å²) in [6.45, 7) is 5.71. The van der Waals surface area contributed by atoms with Crippen molar-refractivity contribution in [2.45, 2.75) is 25.7 Å². The Balaban J connectivity index is 1.87. The standard InChI is InChI=1S/C22H22N2O3S/c1-15-8-7-11-20(17(15)3)23-22(25)18-13-12-16(2)21(14-18)24-28(26,27)19-9-5-4-6-10-19/h4-14,24H,1-3H3,(H,23,25). The maximum Gasteiger partial charge on any atom is 0.261 e. The molecule has 144 valence electrons. The van der Waals surface area contributed by atoms with E-state index in [-0.39, 0.29) is 10.8 Å². The van der Waals surface area contributed by atoms with Gasteiger partial charge in [0, 0.05) is 11.3 Å². The topological polar surface area (TPSA) is 75.3 Å². The van der Waals surface area contributed by atoms with E-state index in [1.807, 2.05) is 32.0 Å². The van der Waals surface area contributed by atoms with E-state index in [0.29, 0.717) is 11.3 Å². The van der Waals surface area contributed by atoms with Crippen LogP contribution in [0.15, 0.2) is 71.6 Å². The van der Waals surface area contributed by atoms with Crippen LogP contribution in [-0.2, 0) is 10.0 Å². The second-order valence-corrected chi connectivity index (χ2v) is 8.33. The second kappa shape index (κ2) is 7.86. The fourth-order valence-electron chi connectivity index (χ4n) is 2.76. The molecule has 3 aromatic rings. The molecule has 0 unspecified atom stereocenters. The van der Waals surface area contributed by atoms with Crippen molar-refractivity contribution >= 4 is 27.3 Å². The van der Waals surface area contributed by atoms with Gasteiger partial charge in [-0.2, -0.15) is 0 Å². The minimum Gasteiger partial charge on any atom is -0.322 e. The third-order valence-corrected chi connectivity index (χ3v) is 6.03. The number of hydrogen-bond donors (Lipinski definition) is 2. The molecule has 0 spiro atoms. The largest absolute Gasteiger partial charge is 0.322 e. The molecular formula is C22H22N2O3S. The third kappa shape index (κ3) is 4.23. The van der Waals surface area contributed by atoms with Crippen LogP contribution in [0.1, 0.15) is 27.0 Å². The lowest BCUT2D eigenvalue weighted by Gasteiger charge is -2.14. The van der Waals surface area contributed by atoms with Gasteiger partial charge in [-0.05, 0) is 67.8 Å². The highest BCUT2D eigenvalue weighted by Gasteiger charge is 2.16. The van der Waals surface area contributed by atoms with E-state index in [1.165, 1.54) is 12.1 Å². The van der Waals surface area contributed by atoms with Gasteiger partial charge in [-0.3, -0.25) is 9.52 Å². The summed E-state index contributed by atoms with van der Waals surface area (Å²) in [5.41, 5.74) is 4.28. The van der Waals surface area contributed by atoms with Crippen LogP contribution in [0.2, 0.25) is 0 Å². The van der Waals surface area contributed by atoms with Crippen LogP contribution >= 0.6 is 0 Å². The highest BCUT2D eigenvalue weighted by Crippen LogP contribution is 2.23. The Morgan fingerprint density at radius 1 is 0.786 bits per heavy atom. The van der Waals surface area contributed by atoms with E-state index >= 15 is 0 Å².